The average molecular weight is 273 g/mol. The molecule has 3 N–H and O–H groups in total. The van der Waals surface area contributed by atoms with E-state index in [9.17, 15) is 9.90 Å². The molecule has 0 aliphatic heterocycles. The van der Waals surface area contributed by atoms with Gasteiger partial charge in [0.15, 0.2) is 0 Å². The molecule has 5 nitrogen and oxygen atoms in total. The van der Waals surface area contributed by atoms with E-state index < -0.39 is 11.4 Å². The molecular formula is C15H19N3O2. The van der Waals surface area contributed by atoms with Crippen LogP contribution >= 0.6 is 0 Å². The fourth-order valence-electron chi connectivity index (χ4n) is 2.40. The molecule has 0 amide bonds. The number of benzene rings is 1. The smallest absolute Gasteiger partial charge is 0.315 e. The zero-order valence-corrected chi connectivity index (χ0v) is 11.5. The summed E-state index contributed by atoms with van der Waals surface area (Å²) in [6.07, 6.45) is 4.74. The molecule has 1 aromatic heterocycles. The molecule has 1 unspecified atom stereocenters. The van der Waals surface area contributed by atoms with Gasteiger partial charge in [0.2, 0.25) is 0 Å². The van der Waals surface area contributed by atoms with Gasteiger partial charge in [-0.2, -0.15) is 5.10 Å². The molecule has 1 aromatic carbocycles. The molecule has 0 saturated heterocycles. The van der Waals surface area contributed by atoms with Gasteiger partial charge < -0.3 is 10.8 Å². The van der Waals surface area contributed by atoms with E-state index in [-0.39, 0.29) is 6.54 Å². The van der Waals surface area contributed by atoms with Crippen molar-refractivity contribution in [3.05, 3.63) is 53.9 Å². The molecule has 0 radical (unpaired) electrons. The van der Waals surface area contributed by atoms with Crippen molar-refractivity contribution in [3.63, 3.8) is 0 Å². The molecule has 5 heteroatoms. The number of hydrogen-bond donors (Lipinski definition) is 2. The monoisotopic (exact) mass is 273 g/mol. The molecule has 2 aromatic rings. The van der Waals surface area contributed by atoms with Crippen LogP contribution in [0.25, 0.3) is 0 Å². The van der Waals surface area contributed by atoms with Gasteiger partial charge in [-0.1, -0.05) is 30.3 Å². The van der Waals surface area contributed by atoms with E-state index >= 15 is 0 Å². The number of nitrogens with two attached hydrogens (primary N) is 1. The molecule has 106 valence electrons. The van der Waals surface area contributed by atoms with Crippen LogP contribution in [-0.4, -0.2) is 27.4 Å². The maximum absolute atomic E-state index is 11.8. The zero-order valence-electron chi connectivity index (χ0n) is 11.5. The molecule has 0 spiro atoms. The molecule has 0 bridgehead atoms. The van der Waals surface area contributed by atoms with Crippen molar-refractivity contribution < 1.29 is 9.90 Å². The third-order valence-electron chi connectivity index (χ3n) is 3.68. The quantitative estimate of drug-likeness (QED) is 0.832. The van der Waals surface area contributed by atoms with Gasteiger partial charge in [-0.25, -0.2) is 0 Å². The lowest BCUT2D eigenvalue weighted by Gasteiger charge is -2.28. The van der Waals surface area contributed by atoms with E-state index in [1.54, 1.807) is 10.9 Å². The third kappa shape index (κ3) is 2.72. The molecular weight excluding hydrogens is 254 g/mol. The molecule has 1 atom stereocenters. The molecule has 0 aliphatic rings. The summed E-state index contributed by atoms with van der Waals surface area (Å²) >= 11 is 0. The summed E-state index contributed by atoms with van der Waals surface area (Å²) in [6, 6.07) is 9.20. The Kier molecular flexibility index (Phi) is 4.20. The van der Waals surface area contributed by atoms with Crippen LogP contribution in [0.15, 0.2) is 42.7 Å². The number of aromatic nitrogens is 2. The van der Waals surface area contributed by atoms with E-state index in [0.29, 0.717) is 12.8 Å². The molecule has 20 heavy (non-hydrogen) atoms. The third-order valence-corrected chi connectivity index (χ3v) is 3.68. The second-order valence-electron chi connectivity index (χ2n) is 4.98. The Morgan fingerprint density at radius 1 is 1.40 bits per heavy atom. The summed E-state index contributed by atoms with van der Waals surface area (Å²) in [6.45, 7) is 0.0760. The summed E-state index contributed by atoms with van der Waals surface area (Å²) in [7, 11) is 1.84. The van der Waals surface area contributed by atoms with Gasteiger partial charge in [0.1, 0.15) is 5.41 Å². The average Bonchev–Trinajstić information content (AvgIpc) is 2.87. The predicted octanol–water partition coefficient (Wildman–Crippen LogP) is 1.33. The van der Waals surface area contributed by atoms with Crippen LogP contribution in [0.2, 0.25) is 0 Å². The second-order valence-corrected chi connectivity index (χ2v) is 4.98. The van der Waals surface area contributed by atoms with E-state index in [1.807, 2.05) is 43.6 Å². The van der Waals surface area contributed by atoms with E-state index in [4.69, 9.17) is 5.73 Å². The van der Waals surface area contributed by atoms with Crippen LogP contribution in [0.5, 0.6) is 0 Å². The lowest BCUT2D eigenvalue weighted by molar-refractivity contribution is -0.143. The molecule has 0 aliphatic carbocycles. The first-order chi connectivity index (χ1) is 9.58. The highest BCUT2D eigenvalue weighted by atomic mass is 16.4. The van der Waals surface area contributed by atoms with Crippen molar-refractivity contribution in [2.24, 2.45) is 12.8 Å². The van der Waals surface area contributed by atoms with Crippen molar-refractivity contribution in [2.75, 3.05) is 6.54 Å². The highest BCUT2D eigenvalue weighted by Gasteiger charge is 2.38. The normalized spacial score (nSPS) is 13.9. The lowest BCUT2D eigenvalue weighted by atomic mass is 9.76. The van der Waals surface area contributed by atoms with Crippen LogP contribution < -0.4 is 5.73 Å². The van der Waals surface area contributed by atoms with Crippen LogP contribution in [0.1, 0.15) is 17.5 Å². The topological polar surface area (TPSA) is 81.1 Å². The van der Waals surface area contributed by atoms with E-state index in [0.717, 1.165) is 11.1 Å². The van der Waals surface area contributed by atoms with Gasteiger partial charge in [0.05, 0.1) is 6.20 Å². The summed E-state index contributed by atoms with van der Waals surface area (Å²) in [5.41, 5.74) is 6.53. The molecule has 1 heterocycles. The number of rotatable bonds is 6. The van der Waals surface area contributed by atoms with E-state index in [2.05, 4.69) is 5.10 Å². The summed E-state index contributed by atoms with van der Waals surface area (Å²) in [4.78, 5) is 11.8. The van der Waals surface area contributed by atoms with Crippen LogP contribution in [0.3, 0.4) is 0 Å². The number of hydrogen-bond acceptors (Lipinski definition) is 3. The first-order valence-electron chi connectivity index (χ1n) is 6.55. The summed E-state index contributed by atoms with van der Waals surface area (Å²) in [5.74, 6) is -0.880. The van der Waals surface area contributed by atoms with Crippen molar-refractivity contribution in [2.45, 2.75) is 18.3 Å². The first-order valence-corrected chi connectivity index (χ1v) is 6.55. The number of carboxylic acid groups (broad SMARTS) is 1. The van der Waals surface area contributed by atoms with Gasteiger partial charge in [0.25, 0.3) is 0 Å². The Labute approximate surface area is 118 Å². The van der Waals surface area contributed by atoms with Gasteiger partial charge in [-0.05, 0) is 24.0 Å². The fourth-order valence-corrected chi connectivity index (χ4v) is 2.40. The minimum absolute atomic E-state index is 0.0760. The van der Waals surface area contributed by atoms with Crippen molar-refractivity contribution in [1.29, 1.82) is 0 Å². The SMILES string of the molecule is Cn1cc(CCC(CN)(C(=O)O)c2ccccc2)cn1. The highest BCUT2D eigenvalue weighted by Crippen LogP contribution is 2.29. The number of carboxylic acids is 1. The molecule has 0 saturated carbocycles. The number of aliphatic carboxylic acids is 1. The van der Waals surface area contributed by atoms with E-state index in [1.165, 1.54) is 0 Å². The van der Waals surface area contributed by atoms with Gasteiger partial charge in [0, 0.05) is 19.8 Å². The fraction of sp³-hybridized carbons (Fsp3) is 0.333. The maximum atomic E-state index is 11.8. The minimum atomic E-state index is -1.04. The Balaban J connectivity index is 2.26. The number of aryl methyl sites for hydroxylation is 2. The summed E-state index contributed by atoms with van der Waals surface area (Å²) in [5, 5.41) is 13.8. The number of nitrogens with zero attached hydrogens (tertiary/aromatic N) is 2. The Bertz CT molecular complexity index is 580. The maximum Gasteiger partial charge on any atom is 0.315 e. The van der Waals surface area contributed by atoms with Crippen molar-refractivity contribution in [3.8, 4) is 0 Å². The summed E-state index contributed by atoms with van der Waals surface area (Å²) < 4.78 is 1.71. The van der Waals surface area contributed by atoms with Gasteiger partial charge in [-0.3, -0.25) is 9.48 Å². The second kappa shape index (κ2) is 5.88. The Hall–Kier alpha value is -2.14. The molecule has 2 rings (SSSR count). The zero-order chi connectivity index (χ0) is 14.6. The lowest BCUT2D eigenvalue weighted by Crippen LogP contribution is -2.43. The largest absolute Gasteiger partial charge is 0.481 e. The standard InChI is InChI=1S/C15H19N3O2/c1-18-10-12(9-17-18)7-8-15(11-16,14(19)20)13-5-3-2-4-6-13/h2-6,9-10H,7-8,11,16H2,1H3,(H,19,20). The van der Waals surface area contributed by atoms with Gasteiger partial charge in [-0.15, -0.1) is 0 Å². The minimum Gasteiger partial charge on any atom is -0.481 e. The van der Waals surface area contributed by atoms with Crippen molar-refractivity contribution >= 4 is 5.97 Å². The molecule has 0 fully saturated rings. The van der Waals surface area contributed by atoms with Crippen molar-refractivity contribution in [1.82, 2.24) is 9.78 Å². The Morgan fingerprint density at radius 3 is 2.60 bits per heavy atom. The number of carbonyl (C=O) groups is 1. The van der Waals surface area contributed by atoms with Gasteiger partial charge >= 0.3 is 5.97 Å². The van der Waals surface area contributed by atoms with Crippen LogP contribution in [0.4, 0.5) is 0 Å². The van der Waals surface area contributed by atoms with Crippen LogP contribution in [-0.2, 0) is 23.7 Å². The first kappa shape index (κ1) is 14.3. The van der Waals surface area contributed by atoms with Crippen LogP contribution in [0, 0.1) is 0 Å². The predicted molar refractivity (Wildman–Crippen MR) is 76.3 cm³/mol. The highest BCUT2D eigenvalue weighted by molar-refractivity contribution is 5.81. The Morgan fingerprint density at radius 2 is 2.10 bits per heavy atom.